The van der Waals surface area contributed by atoms with Crippen LogP contribution in [0.3, 0.4) is 0 Å². The van der Waals surface area contributed by atoms with Crippen molar-refractivity contribution in [3.63, 3.8) is 0 Å². The summed E-state index contributed by atoms with van der Waals surface area (Å²) < 4.78 is 65.9. The molecule has 0 heterocycles. The second-order valence-corrected chi connectivity index (χ2v) is 9.23. The summed E-state index contributed by atoms with van der Waals surface area (Å²) in [6, 6.07) is 10.1. The van der Waals surface area contributed by atoms with Gasteiger partial charge in [-0.05, 0) is 66.5 Å². The molecule has 0 fully saturated rings. The zero-order valence-corrected chi connectivity index (χ0v) is 20.1. The maximum Gasteiger partial charge on any atom is 0.342 e. The number of benzene rings is 2. The first-order valence-electron chi connectivity index (χ1n) is 12.4. The number of carbonyl (C=O) groups excluding carboxylic acids is 1. The largest absolute Gasteiger partial charge is 0.423 e. The molecular weight excluding hydrogens is 456 g/mol. The van der Waals surface area contributed by atoms with Gasteiger partial charge in [0.1, 0.15) is 17.4 Å². The summed E-state index contributed by atoms with van der Waals surface area (Å²) in [5.74, 6) is -2.54. The van der Waals surface area contributed by atoms with Crippen LogP contribution in [0, 0.1) is 5.82 Å². The molecule has 2 aromatic rings. The van der Waals surface area contributed by atoms with Crippen LogP contribution < -0.4 is 4.74 Å². The van der Waals surface area contributed by atoms with Gasteiger partial charge in [0.15, 0.2) is 12.3 Å². The van der Waals surface area contributed by atoms with Crippen LogP contribution in [0.1, 0.15) is 80.8 Å². The lowest BCUT2D eigenvalue weighted by Gasteiger charge is -2.32. The second kappa shape index (κ2) is 10.8. The van der Waals surface area contributed by atoms with E-state index in [1.807, 2.05) is 19.1 Å². The topological polar surface area (TPSA) is 26.3 Å². The van der Waals surface area contributed by atoms with Gasteiger partial charge in [-0.2, -0.15) is 0 Å². The number of alkyl halides is 2. The summed E-state index contributed by atoms with van der Waals surface area (Å²) in [4.78, 5) is 12.7. The van der Waals surface area contributed by atoms with Gasteiger partial charge in [0.2, 0.25) is 0 Å². The number of fused-ring (bicyclic) bond motifs is 2. The minimum atomic E-state index is -2.39. The van der Waals surface area contributed by atoms with Crippen molar-refractivity contribution in [3.05, 3.63) is 81.4 Å². The third-order valence-electron chi connectivity index (χ3n) is 6.81. The lowest BCUT2D eigenvalue weighted by atomic mass is 9.76. The molecule has 2 aliphatic rings. The van der Waals surface area contributed by atoms with Crippen LogP contribution in [0.25, 0.3) is 5.57 Å². The molecule has 2 aromatic carbocycles. The number of aryl methyl sites for hydroxylation is 2. The molecular formula is C29H30F4O2. The number of esters is 1. The van der Waals surface area contributed by atoms with Crippen molar-refractivity contribution >= 4 is 11.5 Å². The number of hydrogen-bond donors (Lipinski definition) is 0. The lowest BCUT2D eigenvalue weighted by molar-refractivity contribution is -0.130. The van der Waals surface area contributed by atoms with Gasteiger partial charge in [-0.25, -0.2) is 22.4 Å². The molecule has 0 aromatic heterocycles. The third kappa shape index (κ3) is 4.93. The van der Waals surface area contributed by atoms with Crippen molar-refractivity contribution in [1.82, 2.24) is 0 Å². The molecule has 0 aliphatic heterocycles. The van der Waals surface area contributed by atoms with Crippen molar-refractivity contribution in [1.29, 1.82) is 0 Å². The molecule has 0 radical (unpaired) electrons. The van der Waals surface area contributed by atoms with Crippen LogP contribution in [-0.2, 0) is 17.6 Å². The molecule has 4 rings (SSSR count). The maximum atomic E-state index is 15.4. The van der Waals surface area contributed by atoms with Crippen molar-refractivity contribution in [3.8, 4) is 5.75 Å². The standard InChI is InChI=1S/C29H30F4O2/c1-3-5-6-8-17-9-12-19(13-10-17)35-29(34)22-16-15-21-20-14-11-18(7-4-2)25(30)23(20)27(32)28(33)24(21)26(22)31/h9-14,27-28H,3-8,15-16H2,1-2H3. The van der Waals surface area contributed by atoms with Gasteiger partial charge in [-0.15, -0.1) is 0 Å². The summed E-state index contributed by atoms with van der Waals surface area (Å²) in [6.45, 7) is 4.00. The van der Waals surface area contributed by atoms with Gasteiger partial charge in [0.25, 0.3) is 0 Å². The number of rotatable bonds is 8. The van der Waals surface area contributed by atoms with Gasteiger partial charge in [0, 0.05) is 11.1 Å². The first-order chi connectivity index (χ1) is 16.9. The molecule has 0 saturated heterocycles. The highest BCUT2D eigenvalue weighted by Crippen LogP contribution is 2.50. The van der Waals surface area contributed by atoms with Crippen molar-refractivity contribution in [2.75, 3.05) is 0 Å². The Balaban J connectivity index is 1.60. The highest BCUT2D eigenvalue weighted by Gasteiger charge is 2.43. The second-order valence-electron chi connectivity index (χ2n) is 9.23. The first-order valence-corrected chi connectivity index (χ1v) is 12.4. The van der Waals surface area contributed by atoms with Crippen LogP contribution in [0.4, 0.5) is 17.6 Å². The Bertz CT molecular complexity index is 1160. The zero-order chi connectivity index (χ0) is 25.1. The van der Waals surface area contributed by atoms with E-state index in [1.165, 1.54) is 6.07 Å². The fourth-order valence-electron chi connectivity index (χ4n) is 4.95. The average molecular weight is 487 g/mol. The molecule has 0 amide bonds. The van der Waals surface area contributed by atoms with Gasteiger partial charge in [-0.3, -0.25) is 0 Å². The Morgan fingerprint density at radius 1 is 0.914 bits per heavy atom. The van der Waals surface area contributed by atoms with Crippen LogP contribution >= 0.6 is 0 Å². The van der Waals surface area contributed by atoms with E-state index in [0.29, 0.717) is 18.4 Å². The first kappa shape index (κ1) is 25.2. The highest BCUT2D eigenvalue weighted by atomic mass is 19.2. The van der Waals surface area contributed by atoms with Crippen molar-refractivity contribution in [2.24, 2.45) is 0 Å². The molecule has 186 valence electrons. The van der Waals surface area contributed by atoms with Crippen molar-refractivity contribution < 1.29 is 27.1 Å². The molecule has 6 heteroatoms. The molecule has 2 nitrogen and oxygen atoms in total. The van der Waals surface area contributed by atoms with E-state index < -0.39 is 35.5 Å². The van der Waals surface area contributed by atoms with E-state index >= 15 is 13.2 Å². The van der Waals surface area contributed by atoms with E-state index in [-0.39, 0.29) is 40.9 Å². The maximum absolute atomic E-state index is 15.4. The zero-order valence-electron chi connectivity index (χ0n) is 20.1. The molecule has 2 unspecified atom stereocenters. The quantitative estimate of drug-likeness (QED) is 0.163. The van der Waals surface area contributed by atoms with Crippen LogP contribution in [0.2, 0.25) is 0 Å². The van der Waals surface area contributed by atoms with Gasteiger partial charge >= 0.3 is 5.97 Å². The molecule has 2 aliphatic carbocycles. The summed E-state index contributed by atoms with van der Waals surface area (Å²) in [6.07, 6.45) is 0.614. The number of hydrogen-bond acceptors (Lipinski definition) is 2. The fourth-order valence-corrected chi connectivity index (χ4v) is 4.95. The van der Waals surface area contributed by atoms with Crippen LogP contribution in [0.5, 0.6) is 5.75 Å². The van der Waals surface area contributed by atoms with Crippen LogP contribution in [0.15, 0.2) is 53.4 Å². The molecule has 0 spiro atoms. The molecule has 2 atom stereocenters. The van der Waals surface area contributed by atoms with Gasteiger partial charge in [0.05, 0.1) is 5.57 Å². The van der Waals surface area contributed by atoms with Crippen LogP contribution in [-0.4, -0.2) is 12.1 Å². The number of halogens is 4. The molecule has 0 saturated carbocycles. The van der Waals surface area contributed by atoms with Gasteiger partial charge in [-0.1, -0.05) is 57.4 Å². The molecule has 0 N–H and O–H groups in total. The minimum absolute atomic E-state index is 0.0416. The Labute approximate surface area is 203 Å². The Morgan fingerprint density at radius 3 is 2.34 bits per heavy atom. The summed E-state index contributed by atoms with van der Waals surface area (Å²) >= 11 is 0. The van der Waals surface area contributed by atoms with E-state index in [1.54, 1.807) is 18.2 Å². The highest BCUT2D eigenvalue weighted by molar-refractivity contribution is 5.94. The number of carbonyl (C=O) groups is 1. The summed E-state index contributed by atoms with van der Waals surface area (Å²) in [7, 11) is 0. The number of allylic oxidation sites excluding steroid dienone is 3. The normalized spacial score (nSPS) is 19.5. The molecule has 0 bridgehead atoms. The predicted octanol–water partition coefficient (Wildman–Crippen LogP) is 8.25. The van der Waals surface area contributed by atoms with E-state index in [2.05, 4.69) is 6.92 Å². The fraction of sp³-hybridized carbons (Fsp3) is 0.414. The smallest absolute Gasteiger partial charge is 0.342 e. The summed E-state index contributed by atoms with van der Waals surface area (Å²) in [5.41, 5.74) is 0.654. The lowest BCUT2D eigenvalue weighted by Crippen LogP contribution is -2.27. The Hall–Kier alpha value is -2.89. The van der Waals surface area contributed by atoms with Crippen molar-refractivity contribution in [2.45, 2.75) is 77.6 Å². The number of ether oxygens (including phenoxy) is 1. The number of unbranched alkanes of at least 4 members (excludes halogenated alkanes) is 2. The summed E-state index contributed by atoms with van der Waals surface area (Å²) in [5, 5.41) is 0. The van der Waals surface area contributed by atoms with E-state index in [0.717, 1.165) is 31.2 Å². The van der Waals surface area contributed by atoms with Gasteiger partial charge < -0.3 is 4.74 Å². The van der Waals surface area contributed by atoms with E-state index in [4.69, 9.17) is 4.74 Å². The SMILES string of the molecule is CCCCCc1ccc(OC(=O)C2=C(F)C3=C(CC2)c2ccc(CCC)c(F)c2C(F)C3F)cc1. The Kier molecular flexibility index (Phi) is 7.78. The third-order valence-corrected chi connectivity index (χ3v) is 6.81. The minimum Gasteiger partial charge on any atom is -0.423 e. The van der Waals surface area contributed by atoms with E-state index in [9.17, 15) is 9.18 Å². The monoisotopic (exact) mass is 486 g/mol. The molecule has 35 heavy (non-hydrogen) atoms. The average Bonchev–Trinajstić information content (AvgIpc) is 2.85. The predicted molar refractivity (Wildman–Crippen MR) is 129 cm³/mol. The Morgan fingerprint density at radius 2 is 1.66 bits per heavy atom.